The molecule has 0 bridgehead atoms. The van der Waals surface area contributed by atoms with E-state index in [2.05, 4.69) is 4.72 Å². The summed E-state index contributed by atoms with van der Waals surface area (Å²) in [7, 11) is -3.11. The highest BCUT2D eigenvalue weighted by Gasteiger charge is 2.49. The first-order chi connectivity index (χ1) is 23.4. The molecule has 254 valence electrons. The average molecular weight is 677 g/mol. The van der Waals surface area contributed by atoms with Gasteiger partial charge in [0.15, 0.2) is 6.29 Å². The van der Waals surface area contributed by atoms with Crippen LogP contribution in [0.3, 0.4) is 0 Å². The fraction of sp³-hybridized carbons (Fsp3) is 0.306. The minimum Gasteiger partial charge on any atom is -0.444 e. The van der Waals surface area contributed by atoms with Gasteiger partial charge in [0.2, 0.25) is 0 Å². The van der Waals surface area contributed by atoms with Crippen molar-refractivity contribution in [2.24, 2.45) is 0 Å². The number of ether oxygens (including phenoxy) is 6. The fourth-order valence-electron chi connectivity index (χ4n) is 5.24. The quantitative estimate of drug-likeness (QED) is 0.171. The number of methoxy groups -OCH3 is 1. The topological polar surface area (TPSA) is 131 Å². The van der Waals surface area contributed by atoms with Crippen LogP contribution in [0.2, 0.25) is 0 Å². The van der Waals surface area contributed by atoms with E-state index in [1.165, 1.54) is 7.11 Å². The van der Waals surface area contributed by atoms with Crippen LogP contribution >= 0.6 is 0 Å². The van der Waals surface area contributed by atoms with E-state index in [-0.39, 0.29) is 26.4 Å². The number of nitrogens with one attached hydrogen (secondary N) is 2. The van der Waals surface area contributed by atoms with Crippen LogP contribution in [0.25, 0.3) is 0 Å². The van der Waals surface area contributed by atoms with Crippen LogP contribution in [0, 0.1) is 0 Å². The molecule has 1 aliphatic rings. The maximum absolute atomic E-state index is 13.3. The summed E-state index contributed by atoms with van der Waals surface area (Å²) < 4.78 is 67.2. The summed E-state index contributed by atoms with van der Waals surface area (Å²) in [6.07, 6.45) is -4.77. The lowest BCUT2D eigenvalue weighted by molar-refractivity contribution is -0.282. The van der Waals surface area contributed by atoms with Crippen molar-refractivity contribution >= 4 is 16.3 Å². The minimum absolute atomic E-state index is 0.100. The van der Waals surface area contributed by atoms with Gasteiger partial charge in [-0.1, -0.05) is 121 Å². The third-order valence-electron chi connectivity index (χ3n) is 7.56. The molecule has 0 aliphatic carbocycles. The average Bonchev–Trinajstić information content (AvgIpc) is 3.11. The van der Waals surface area contributed by atoms with Crippen molar-refractivity contribution in [2.75, 3.05) is 13.7 Å². The van der Waals surface area contributed by atoms with Crippen LogP contribution in [-0.4, -0.2) is 58.9 Å². The normalized spacial score (nSPS) is 21.0. The maximum atomic E-state index is 13.3. The van der Waals surface area contributed by atoms with E-state index < -0.39 is 46.9 Å². The van der Waals surface area contributed by atoms with E-state index >= 15 is 0 Å². The molecular formula is C36H40N2O9S. The number of hydrogen-bond acceptors (Lipinski definition) is 9. The van der Waals surface area contributed by atoms with Gasteiger partial charge in [-0.3, -0.25) is 0 Å². The molecule has 4 aromatic rings. The van der Waals surface area contributed by atoms with Crippen LogP contribution in [0.5, 0.6) is 0 Å². The van der Waals surface area contributed by atoms with Crippen molar-refractivity contribution in [3.63, 3.8) is 0 Å². The van der Waals surface area contributed by atoms with E-state index in [1.54, 1.807) is 24.3 Å². The lowest BCUT2D eigenvalue weighted by Gasteiger charge is -2.45. The molecular weight excluding hydrogens is 636 g/mol. The molecule has 1 heterocycles. The fourth-order valence-corrected chi connectivity index (χ4v) is 6.18. The van der Waals surface area contributed by atoms with Gasteiger partial charge in [-0.05, 0) is 22.3 Å². The molecule has 0 aromatic heterocycles. The van der Waals surface area contributed by atoms with Gasteiger partial charge in [-0.25, -0.2) is 9.52 Å². The Kier molecular flexibility index (Phi) is 13.1. The van der Waals surface area contributed by atoms with E-state index in [1.807, 2.05) is 102 Å². The molecule has 11 nitrogen and oxygen atoms in total. The minimum atomic E-state index is -4.51. The Morgan fingerprint density at radius 2 is 1.12 bits per heavy atom. The molecule has 1 amide bonds. The molecule has 4 aromatic carbocycles. The second kappa shape index (κ2) is 17.9. The smallest absolute Gasteiger partial charge is 0.422 e. The Balaban J connectivity index is 1.37. The van der Waals surface area contributed by atoms with Gasteiger partial charge in [-0.2, -0.15) is 13.1 Å². The van der Waals surface area contributed by atoms with E-state index in [0.717, 1.165) is 16.7 Å². The van der Waals surface area contributed by atoms with Gasteiger partial charge < -0.3 is 28.4 Å². The summed E-state index contributed by atoms with van der Waals surface area (Å²) in [6, 6.07) is 36.5. The lowest BCUT2D eigenvalue weighted by Crippen LogP contribution is -2.67. The third kappa shape index (κ3) is 10.7. The summed E-state index contributed by atoms with van der Waals surface area (Å²) >= 11 is 0. The number of rotatable bonds is 16. The summed E-state index contributed by atoms with van der Waals surface area (Å²) in [5.41, 5.74) is 3.44. The van der Waals surface area contributed by atoms with Crippen molar-refractivity contribution in [3.8, 4) is 0 Å². The van der Waals surface area contributed by atoms with Crippen LogP contribution in [-0.2, 0) is 65.1 Å². The van der Waals surface area contributed by atoms with Gasteiger partial charge in [0.1, 0.15) is 31.0 Å². The zero-order valence-corrected chi connectivity index (χ0v) is 27.4. The van der Waals surface area contributed by atoms with E-state index in [0.29, 0.717) is 12.2 Å². The molecule has 48 heavy (non-hydrogen) atoms. The van der Waals surface area contributed by atoms with E-state index in [4.69, 9.17) is 28.4 Å². The van der Waals surface area contributed by atoms with Gasteiger partial charge in [0.25, 0.3) is 0 Å². The summed E-state index contributed by atoms with van der Waals surface area (Å²) in [5, 5.41) is 0. The number of amides is 1. The predicted molar refractivity (Wildman–Crippen MR) is 177 cm³/mol. The van der Waals surface area contributed by atoms with Crippen molar-refractivity contribution < 1.29 is 41.6 Å². The van der Waals surface area contributed by atoms with Crippen LogP contribution in [0.1, 0.15) is 22.3 Å². The molecule has 0 spiro atoms. The molecule has 1 aliphatic heterocycles. The third-order valence-corrected chi connectivity index (χ3v) is 8.58. The van der Waals surface area contributed by atoms with Gasteiger partial charge in [0, 0.05) is 7.11 Å². The SMILES string of the molecule is CO[C@@H]1O[C@H](COCc2ccccc2)[C@@H](OCc2ccccc2)[C@H](OCc2ccccc2)[C@H]1NS(=O)(=O)NC(=O)OCc1ccccc1. The van der Waals surface area contributed by atoms with Gasteiger partial charge in [-0.15, -0.1) is 0 Å². The number of benzene rings is 4. The highest BCUT2D eigenvalue weighted by molar-refractivity contribution is 7.88. The monoisotopic (exact) mass is 676 g/mol. The summed E-state index contributed by atoms with van der Waals surface area (Å²) in [5.74, 6) is 0. The van der Waals surface area contributed by atoms with E-state index in [9.17, 15) is 13.2 Å². The highest BCUT2D eigenvalue weighted by Crippen LogP contribution is 2.29. The largest absolute Gasteiger partial charge is 0.444 e. The first-order valence-corrected chi connectivity index (χ1v) is 17.0. The van der Waals surface area contributed by atoms with Crippen molar-refractivity contribution in [2.45, 2.75) is 57.1 Å². The Hall–Kier alpha value is -4.14. The molecule has 2 N–H and O–H groups in total. The Morgan fingerprint density at radius 3 is 1.62 bits per heavy atom. The van der Waals surface area contributed by atoms with Crippen molar-refractivity contribution in [1.29, 1.82) is 0 Å². The Labute approximate surface area is 281 Å². The number of hydrogen-bond donors (Lipinski definition) is 2. The number of carbonyl (C=O) groups excluding carboxylic acids is 1. The zero-order valence-electron chi connectivity index (χ0n) is 26.6. The molecule has 5 atom stereocenters. The molecule has 0 unspecified atom stereocenters. The maximum Gasteiger partial charge on any atom is 0.422 e. The Morgan fingerprint density at radius 1 is 0.667 bits per heavy atom. The zero-order chi connectivity index (χ0) is 33.6. The first kappa shape index (κ1) is 35.2. The molecule has 5 rings (SSSR count). The summed E-state index contributed by atoms with van der Waals surface area (Å²) in [4.78, 5) is 12.5. The molecule has 1 saturated heterocycles. The summed E-state index contributed by atoms with van der Waals surface area (Å²) in [6.45, 7) is 0.636. The number of carbonyl (C=O) groups is 1. The molecule has 1 fully saturated rings. The van der Waals surface area contributed by atoms with Crippen molar-refractivity contribution in [1.82, 2.24) is 9.44 Å². The second-order valence-corrected chi connectivity index (χ2v) is 12.6. The van der Waals surface area contributed by atoms with Crippen molar-refractivity contribution in [3.05, 3.63) is 144 Å². The second-order valence-electron chi connectivity index (χ2n) is 11.1. The van der Waals surface area contributed by atoms with Crippen LogP contribution < -0.4 is 9.44 Å². The predicted octanol–water partition coefficient (Wildman–Crippen LogP) is 4.87. The van der Waals surface area contributed by atoms with Gasteiger partial charge >= 0.3 is 16.3 Å². The van der Waals surface area contributed by atoms with Crippen LogP contribution in [0.15, 0.2) is 121 Å². The first-order valence-electron chi connectivity index (χ1n) is 15.5. The highest BCUT2D eigenvalue weighted by atomic mass is 32.2. The van der Waals surface area contributed by atoms with Crippen LogP contribution in [0.4, 0.5) is 4.79 Å². The molecule has 0 saturated carbocycles. The molecule has 12 heteroatoms. The Bertz CT molecular complexity index is 1630. The van der Waals surface area contributed by atoms with Gasteiger partial charge in [0.05, 0.1) is 26.4 Å². The molecule has 0 radical (unpaired) electrons. The lowest BCUT2D eigenvalue weighted by atomic mass is 9.96. The standard InChI is InChI=1S/C36H40N2O9S/c1-42-35-32(37-48(40,41)38-36(39)46-25-30-20-12-5-13-21-30)34(45-24-29-18-10-4-11-19-29)33(44-23-28-16-8-3-9-17-28)31(47-35)26-43-22-27-14-6-2-7-15-27/h2-21,31-35,37H,22-26H2,1H3,(H,38,39)/t31-,32-,33-,34-,35-/m1/s1.